The predicted molar refractivity (Wildman–Crippen MR) is 75.3 cm³/mol. The lowest BCUT2D eigenvalue weighted by molar-refractivity contribution is 0.00586. The Labute approximate surface area is 116 Å². The van der Waals surface area contributed by atoms with Gasteiger partial charge in [0.05, 0.1) is 24.9 Å². The number of benzene rings is 1. The molecule has 1 aromatic carbocycles. The number of rotatable bonds is 3. The second-order valence-electron chi connectivity index (χ2n) is 5.00. The third kappa shape index (κ3) is 2.81. The first-order chi connectivity index (χ1) is 8.81. The van der Waals surface area contributed by atoms with Crippen molar-refractivity contribution in [1.29, 1.82) is 0 Å². The number of fused-ring (bicyclic) bond motifs is 1. The van der Waals surface area contributed by atoms with Crippen LogP contribution in [0.25, 0.3) is 0 Å². The molecule has 0 saturated heterocycles. The van der Waals surface area contributed by atoms with Gasteiger partial charge in [0.25, 0.3) is 0 Å². The van der Waals surface area contributed by atoms with Crippen molar-refractivity contribution in [1.82, 2.24) is 0 Å². The van der Waals surface area contributed by atoms with Crippen LogP contribution in [-0.4, -0.2) is 25.4 Å². The fourth-order valence-corrected chi connectivity index (χ4v) is 2.92. The topological polar surface area (TPSA) is 30.5 Å². The Hall–Kier alpha value is -0.740. The highest BCUT2D eigenvalue weighted by Gasteiger charge is 2.22. The minimum atomic E-state index is 0.118. The Morgan fingerprint density at radius 1 is 1.33 bits per heavy atom. The highest BCUT2D eigenvalue weighted by Crippen LogP contribution is 2.32. The lowest BCUT2D eigenvalue weighted by atomic mass is 10.2. The molecule has 4 heteroatoms. The summed E-state index contributed by atoms with van der Waals surface area (Å²) in [6, 6.07) is 6.06. The van der Waals surface area contributed by atoms with Crippen LogP contribution < -0.4 is 10.1 Å². The molecule has 0 radical (unpaired) electrons. The standard InChI is InChI=1S/C14H18BrNO2/c15-10-5-6-13-14(7-10)18-12(8-16-13)9-17-11-3-1-2-4-11/h5-7,11-12,16H,1-4,8-9H2. The third-order valence-corrected chi connectivity index (χ3v) is 4.07. The first kappa shape index (κ1) is 12.3. The maximum absolute atomic E-state index is 5.96. The van der Waals surface area contributed by atoms with Gasteiger partial charge in [0.15, 0.2) is 0 Å². The van der Waals surface area contributed by atoms with Gasteiger partial charge in [0.2, 0.25) is 0 Å². The van der Waals surface area contributed by atoms with Crippen LogP contribution in [0.4, 0.5) is 5.69 Å². The summed E-state index contributed by atoms with van der Waals surface area (Å²) in [5.74, 6) is 0.913. The van der Waals surface area contributed by atoms with E-state index in [4.69, 9.17) is 9.47 Å². The minimum Gasteiger partial charge on any atom is -0.484 e. The van der Waals surface area contributed by atoms with Crippen molar-refractivity contribution in [3.8, 4) is 5.75 Å². The highest BCUT2D eigenvalue weighted by atomic mass is 79.9. The van der Waals surface area contributed by atoms with Crippen molar-refractivity contribution in [2.24, 2.45) is 0 Å². The predicted octanol–water partition coefficient (Wildman–Crippen LogP) is 3.58. The molecule has 1 atom stereocenters. The molecule has 3 nitrogen and oxygen atoms in total. The second kappa shape index (κ2) is 5.49. The Kier molecular flexibility index (Phi) is 3.75. The average molecular weight is 312 g/mol. The first-order valence-corrected chi connectivity index (χ1v) is 7.42. The largest absolute Gasteiger partial charge is 0.484 e. The highest BCUT2D eigenvalue weighted by molar-refractivity contribution is 9.10. The van der Waals surface area contributed by atoms with E-state index in [0.717, 1.165) is 22.5 Å². The SMILES string of the molecule is Brc1ccc2c(c1)OC(COC1CCCC1)CN2. The monoisotopic (exact) mass is 311 g/mol. The molecule has 1 saturated carbocycles. The van der Waals surface area contributed by atoms with Crippen LogP contribution in [0, 0.1) is 0 Å². The first-order valence-electron chi connectivity index (χ1n) is 6.63. The molecule has 1 aromatic rings. The van der Waals surface area contributed by atoms with Crippen molar-refractivity contribution in [2.45, 2.75) is 37.9 Å². The molecule has 1 unspecified atom stereocenters. The van der Waals surface area contributed by atoms with Crippen LogP contribution in [0.1, 0.15) is 25.7 Å². The lowest BCUT2D eigenvalue weighted by Gasteiger charge is -2.28. The van der Waals surface area contributed by atoms with Gasteiger partial charge in [-0.25, -0.2) is 0 Å². The molecule has 1 N–H and O–H groups in total. The molecule has 1 aliphatic carbocycles. The summed E-state index contributed by atoms with van der Waals surface area (Å²) in [5, 5.41) is 3.39. The average Bonchev–Trinajstić information content (AvgIpc) is 2.89. The molecule has 98 valence electrons. The molecule has 1 aliphatic heterocycles. The molecule has 1 heterocycles. The van der Waals surface area contributed by atoms with Crippen LogP contribution in [-0.2, 0) is 4.74 Å². The molecule has 0 aromatic heterocycles. The van der Waals surface area contributed by atoms with Gasteiger partial charge in [0, 0.05) is 4.47 Å². The lowest BCUT2D eigenvalue weighted by Crippen LogP contribution is -2.35. The van der Waals surface area contributed by atoms with E-state index in [1.165, 1.54) is 25.7 Å². The maximum atomic E-state index is 5.96. The van der Waals surface area contributed by atoms with E-state index < -0.39 is 0 Å². The number of hydrogen-bond acceptors (Lipinski definition) is 3. The van der Waals surface area contributed by atoms with Gasteiger partial charge in [0.1, 0.15) is 11.9 Å². The van der Waals surface area contributed by atoms with E-state index in [2.05, 4.69) is 21.2 Å². The van der Waals surface area contributed by atoms with Crippen LogP contribution >= 0.6 is 15.9 Å². The summed E-state index contributed by atoms with van der Waals surface area (Å²) < 4.78 is 12.9. The van der Waals surface area contributed by atoms with E-state index in [-0.39, 0.29) is 6.10 Å². The zero-order valence-corrected chi connectivity index (χ0v) is 11.9. The molecule has 1 fully saturated rings. The zero-order valence-electron chi connectivity index (χ0n) is 10.3. The van der Waals surface area contributed by atoms with Crippen molar-refractivity contribution in [3.63, 3.8) is 0 Å². The molecule has 18 heavy (non-hydrogen) atoms. The maximum Gasteiger partial charge on any atom is 0.144 e. The van der Waals surface area contributed by atoms with Crippen molar-refractivity contribution in [3.05, 3.63) is 22.7 Å². The second-order valence-corrected chi connectivity index (χ2v) is 5.92. The van der Waals surface area contributed by atoms with Gasteiger partial charge < -0.3 is 14.8 Å². The van der Waals surface area contributed by atoms with E-state index in [9.17, 15) is 0 Å². The van der Waals surface area contributed by atoms with Gasteiger partial charge in [-0.2, -0.15) is 0 Å². The van der Waals surface area contributed by atoms with Crippen LogP contribution in [0.15, 0.2) is 22.7 Å². The van der Waals surface area contributed by atoms with E-state index in [0.29, 0.717) is 12.7 Å². The van der Waals surface area contributed by atoms with Crippen LogP contribution in [0.2, 0.25) is 0 Å². The summed E-state index contributed by atoms with van der Waals surface area (Å²) in [5.41, 5.74) is 1.07. The van der Waals surface area contributed by atoms with Gasteiger partial charge in [-0.05, 0) is 31.0 Å². The Bertz CT molecular complexity index is 418. The van der Waals surface area contributed by atoms with Crippen molar-refractivity contribution in [2.75, 3.05) is 18.5 Å². The number of anilines is 1. The number of ether oxygens (including phenoxy) is 2. The van der Waals surface area contributed by atoms with Gasteiger partial charge in [-0.3, -0.25) is 0 Å². The van der Waals surface area contributed by atoms with E-state index >= 15 is 0 Å². The molecular formula is C14H18BrNO2. The molecule has 0 amide bonds. The quantitative estimate of drug-likeness (QED) is 0.925. The number of halogens is 1. The smallest absolute Gasteiger partial charge is 0.144 e. The minimum absolute atomic E-state index is 0.118. The normalized spacial score (nSPS) is 23.3. The Morgan fingerprint density at radius 3 is 3.00 bits per heavy atom. The Balaban J connectivity index is 1.56. The molecule has 0 bridgehead atoms. The summed E-state index contributed by atoms with van der Waals surface area (Å²) >= 11 is 3.46. The fraction of sp³-hybridized carbons (Fsp3) is 0.571. The van der Waals surface area contributed by atoms with Gasteiger partial charge in [-0.1, -0.05) is 28.8 Å². The number of hydrogen-bond donors (Lipinski definition) is 1. The molecular weight excluding hydrogens is 294 g/mol. The third-order valence-electron chi connectivity index (χ3n) is 3.58. The van der Waals surface area contributed by atoms with Crippen LogP contribution in [0.5, 0.6) is 5.75 Å². The number of nitrogens with one attached hydrogen (secondary N) is 1. The summed E-state index contributed by atoms with van der Waals surface area (Å²) in [7, 11) is 0. The summed E-state index contributed by atoms with van der Waals surface area (Å²) in [4.78, 5) is 0. The van der Waals surface area contributed by atoms with Crippen molar-refractivity contribution < 1.29 is 9.47 Å². The zero-order chi connectivity index (χ0) is 12.4. The van der Waals surface area contributed by atoms with E-state index in [1.54, 1.807) is 0 Å². The van der Waals surface area contributed by atoms with E-state index in [1.807, 2.05) is 18.2 Å². The molecule has 2 aliphatic rings. The van der Waals surface area contributed by atoms with Crippen molar-refractivity contribution >= 4 is 21.6 Å². The molecule has 0 spiro atoms. The van der Waals surface area contributed by atoms with Crippen LogP contribution in [0.3, 0.4) is 0 Å². The molecule has 3 rings (SSSR count). The van der Waals surface area contributed by atoms with Gasteiger partial charge >= 0.3 is 0 Å². The fourth-order valence-electron chi connectivity index (χ4n) is 2.58. The van der Waals surface area contributed by atoms with Gasteiger partial charge in [-0.15, -0.1) is 0 Å². The summed E-state index contributed by atoms with van der Waals surface area (Å²) in [6.45, 7) is 1.50. The summed E-state index contributed by atoms with van der Waals surface area (Å²) in [6.07, 6.45) is 5.61. The Morgan fingerprint density at radius 2 is 2.17 bits per heavy atom.